The third kappa shape index (κ3) is 4.82. The number of amides is 3. The minimum Gasteiger partial charge on any atom is -0.459 e. The fourth-order valence-corrected chi connectivity index (χ4v) is 2.42. The summed E-state index contributed by atoms with van der Waals surface area (Å²) in [6, 6.07) is 16.5. The monoisotopic (exact) mass is 363 g/mol. The van der Waals surface area contributed by atoms with Crippen molar-refractivity contribution in [2.24, 2.45) is 5.73 Å². The van der Waals surface area contributed by atoms with Crippen molar-refractivity contribution in [1.29, 1.82) is 0 Å². The molecule has 0 radical (unpaired) electrons. The van der Waals surface area contributed by atoms with Gasteiger partial charge in [0.1, 0.15) is 0 Å². The Balaban J connectivity index is 1.60. The number of benzene rings is 2. The predicted octanol–water partition coefficient (Wildman–Crippen LogP) is 2.81. The van der Waals surface area contributed by atoms with E-state index in [0.29, 0.717) is 16.9 Å². The van der Waals surface area contributed by atoms with Gasteiger partial charge in [-0.05, 0) is 54.1 Å². The first-order valence-corrected chi connectivity index (χ1v) is 8.15. The largest absolute Gasteiger partial charge is 0.459 e. The molecule has 27 heavy (non-hydrogen) atoms. The van der Waals surface area contributed by atoms with E-state index in [4.69, 9.17) is 10.2 Å². The van der Waals surface area contributed by atoms with Gasteiger partial charge < -0.3 is 20.8 Å². The molecule has 0 saturated heterocycles. The lowest BCUT2D eigenvalue weighted by atomic mass is 10.1. The van der Waals surface area contributed by atoms with E-state index < -0.39 is 5.91 Å². The second kappa shape index (κ2) is 8.01. The van der Waals surface area contributed by atoms with Crippen molar-refractivity contribution in [2.75, 3.05) is 10.6 Å². The SMILES string of the molecule is NC(=O)Cc1ccc(NC(=O)c2ccc(NC(=O)c3ccco3)cc2)cc1. The van der Waals surface area contributed by atoms with Gasteiger partial charge in [-0.2, -0.15) is 0 Å². The van der Waals surface area contributed by atoms with Crippen LogP contribution in [0.3, 0.4) is 0 Å². The van der Waals surface area contributed by atoms with Crippen molar-refractivity contribution in [3.8, 4) is 0 Å². The second-order valence-corrected chi connectivity index (χ2v) is 5.80. The van der Waals surface area contributed by atoms with E-state index in [0.717, 1.165) is 5.56 Å². The number of hydrogen-bond donors (Lipinski definition) is 3. The first-order valence-electron chi connectivity index (χ1n) is 8.15. The summed E-state index contributed by atoms with van der Waals surface area (Å²) in [5.41, 5.74) is 7.51. The molecule has 7 nitrogen and oxygen atoms in total. The van der Waals surface area contributed by atoms with Crippen molar-refractivity contribution in [2.45, 2.75) is 6.42 Å². The standard InChI is InChI=1S/C20H17N3O4/c21-18(24)12-13-3-7-15(8-4-13)22-19(25)14-5-9-16(10-6-14)23-20(26)17-2-1-11-27-17/h1-11H,12H2,(H2,21,24)(H,22,25)(H,23,26). The molecule has 136 valence electrons. The molecule has 0 fully saturated rings. The van der Waals surface area contributed by atoms with Crippen LogP contribution in [0.5, 0.6) is 0 Å². The van der Waals surface area contributed by atoms with E-state index in [2.05, 4.69) is 10.6 Å². The molecule has 2 aromatic carbocycles. The maximum absolute atomic E-state index is 12.3. The molecule has 0 bridgehead atoms. The first-order chi connectivity index (χ1) is 13.0. The van der Waals surface area contributed by atoms with E-state index in [9.17, 15) is 14.4 Å². The molecule has 0 saturated carbocycles. The van der Waals surface area contributed by atoms with E-state index in [1.54, 1.807) is 60.7 Å². The Kier molecular flexibility index (Phi) is 5.32. The van der Waals surface area contributed by atoms with E-state index in [1.807, 2.05) is 0 Å². The lowest BCUT2D eigenvalue weighted by Gasteiger charge is -2.08. The number of nitrogens with two attached hydrogens (primary N) is 1. The molecule has 3 amide bonds. The number of rotatable bonds is 6. The number of carbonyl (C=O) groups excluding carboxylic acids is 3. The molecule has 7 heteroatoms. The van der Waals surface area contributed by atoms with Crippen molar-refractivity contribution in [1.82, 2.24) is 0 Å². The van der Waals surface area contributed by atoms with Crippen LogP contribution in [0.1, 0.15) is 26.5 Å². The van der Waals surface area contributed by atoms with Crippen molar-refractivity contribution in [3.63, 3.8) is 0 Å². The second-order valence-electron chi connectivity index (χ2n) is 5.80. The zero-order valence-corrected chi connectivity index (χ0v) is 14.3. The molecule has 0 atom stereocenters. The Bertz CT molecular complexity index is 946. The average Bonchev–Trinajstić information content (AvgIpc) is 3.18. The normalized spacial score (nSPS) is 10.2. The van der Waals surface area contributed by atoms with Gasteiger partial charge in [-0.15, -0.1) is 0 Å². The Morgan fingerprint density at radius 2 is 1.41 bits per heavy atom. The zero-order chi connectivity index (χ0) is 19.2. The van der Waals surface area contributed by atoms with Crippen molar-refractivity contribution < 1.29 is 18.8 Å². The minimum absolute atomic E-state index is 0.152. The number of furan rings is 1. The molecule has 0 aliphatic rings. The molecule has 0 spiro atoms. The Labute approximate surface area is 155 Å². The molecular weight excluding hydrogens is 346 g/mol. The van der Waals surface area contributed by atoms with Crippen LogP contribution < -0.4 is 16.4 Å². The molecule has 0 aliphatic heterocycles. The summed E-state index contributed by atoms with van der Waals surface area (Å²) in [7, 11) is 0. The highest BCUT2D eigenvalue weighted by Crippen LogP contribution is 2.15. The molecule has 4 N–H and O–H groups in total. The summed E-state index contributed by atoms with van der Waals surface area (Å²) in [6.07, 6.45) is 1.57. The summed E-state index contributed by atoms with van der Waals surface area (Å²) in [5.74, 6) is -0.863. The van der Waals surface area contributed by atoms with Crippen molar-refractivity contribution in [3.05, 3.63) is 83.8 Å². The maximum atomic E-state index is 12.3. The lowest BCUT2D eigenvalue weighted by molar-refractivity contribution is -0.117. The van der Waals surface area contributed by atoms with Gasteiger partial charge in [0, 0.05) is 16.9 Å². The maximum Gasteiger partial charge on any atom is 0.291 e. The molecule has 3 rings (SSSR count). The third-order valence-corrected chi connectivity index (χ3v) is 3.74. The van der Waals surface area contributed by atoms with Gasteiger partial charge in [0.25, 0.3) is 11.8 Å². The number of primary amides is 1. The van der Waals surface area contributed by atoms with Crippen LogP contribution in [0, 0.1) is 0 Å². The van der Waals surface area contributed by atoms with Gasteiger partial charge in [0.05, 0.1) is 12.7 Å². The highest BCUT2D eigenvalue weighted by Gasteiger charge is 2.10. The molecule has 3 aromatic rings. The van der Waals surface area contributed by atoms with Crippen LogP contribution >= 0.6 is 0 Å². The molecular formula is C20H17N3O4. The molecule has 1 heterocycles. The lowest BCUT2D eigenvalue weighted by Crippen LogP contribution is -2.14. The van der Waals surface area contributed by atoms with E-state index in [-0.39, 0.29) is 24.0 Å². The fourth-order valence-electron chi connectivity index (χ4n) is 2.42. The van der Waals surface area contributed by atoms with E-state index >= 15 is 0 Å². The van der Waals surface area contributed by atoms with Gasteiger partial charge >= 0.3 is 0 Å². The van der Waals surface area contributed by atoms with Crippen LogP contribution in [-0.2, 0) is 11.2 Å². The summed E-state index contributed by atoms with van der Waals surface area (Å²) in [4.78, 5) is 35.1. The minimum atomic E-state index is -0.411. The van der Waals surface area contributed by atoms with Gasteiger partial charge in [-0.25, -0.2) is 0 Å². The summed E-state index contributed by atoms with van der Waals surface area (Å²) in [6.45, 7) is 0. The highest BCUT2D eigenvalue weighted by atomic mass is 16.3. The van der Waals surface area contributed by atoms with Gasteiger partial charge in [0.2, 0.25) is 5.91 Å². The summed E-state index contributed by atoms with van der Waals surface area (Å²) < 4.78 is 5.02. The van der Waals surface area contributed by atoms with Crippen LogP contribution in [0.25, 0.3) is 0 Å². The zero-order valence-electron chi connectivity index (χ0n) is 14.3. The number of hydrogen-bond acceptors (Lipinski definition) is 4. The number of carbonyl (C=O) groups is 3. The highest BCUT2D eigenvalue weighted by molar-refractivity contribution is 6.05. The Hall–Kier alpha value is -3.87. The quantitative estimate of drug-likeness (QED) is 0.625. The predicted molar refractivity (Wildman–Crippen MR) is 100 cm³/mol. The van der Waals surface area contributed by atoms with Crippen LogP contribution in [0.4, 0.5) is 11.4 Å². The molecule has 1 aromatic heterocycles. The van der Waals surface area contributed by atoms with Gasteiger partial charge in [-0.1, -0.05) is 12.1 Å². The van der Waals surface area contributed by atoms with Gasteiger partial charge in [0.15, 0.2) is 5.76 Å². The summed E-state index contributed by atoms with van der Waals surface area (Å²) in [5, 5.41) is 5.44. The molecule has 0 unspecified atom stereocenters. The average molecular weight is 363 g/mol. The summed E-state index contributed by atoms with van der Waals surface area (Å²) >= 11 is 0. The van der Waals surface area contributed by atoms with Crippen molar-refractivity contribution >= 4 is 29.1 Å². The van der Waals surface area contributed by atoms with Crippen LogP contribution in [0.15, 0.2) is 71.3 Å². The fraction of sp³-hybridized carbons (Fsp3) is 0.0500. The topological polar surface area (TPSA) is 114 Å². The first kappa shape index (κ1) is 17.9. The number of anilines is 2. The Morgan fingerprint density at radius 3 is 1.96 bits per heavy atom. The number of nitrogens with one attached hydrogen (secondary N) is 2. The smallest absolute Gasteiger partial charge is 0.291 e. The molecule has 0 aliphatic carbocycles. The van der Waals surface area contributed by atoms with E-state index in [1.165, 1.54) is 6.26 Å². The van der Waals surface area contributed by atoms with Crippen LogP contribution in [0.2, 0.25) is 0 Å². The van der Waals surface area contributed by atoms with Crippen LogP contribution in [-0.4, -0.2) is 17.7 Å². The van der Waals surface area contributed by atoms with Gasteiger partial charge in [-0.3, -0.25) is 14.4 Å². The third-order valence-electron chi connectivity index (χ3n) is 3.74. The Morgan fingerprint density at radius 1 is 0.815 bits per heavy atom.